The first kappa shape index (κ1) is 15.5. The third kappa shape index (κ3) is 3.39. The zero-order valence-electron chi connectivity index (χ0n) is 10.9. The van der Waals surface area contributed by atoms with Crippen molar-refractivity contribution in [3.63, 3.8) is 0 Å². The zero-order chi connectivity index (χ0) is 16.3. The van der Waals surface area contributed by atoms with Crippen molar-refractivity contribution in [2.24, 2.45) is 0 Å². The highest BCUT2D eigenvalue weighted by Gasteiger charge is 2.16. The number of amides is 2. The molecule has 0 aliphatic heterocycles. The van der Waals surface area contributed by atoms with Gasteiger partial charge in [0.2, 0.25) is 0 Å². The summed E-state index contributed by atoms with van der Waals surface area (Å²) in [6, 6.07) is 8.58. The van der Waals surface area contributed by atoms with Gasteiger partial charge in [0, 0.05) is 22.7 Å². The van der Waals surface area contributed by atoms with E-state index in [4.69, 9.17) is 11.6 Å². The van der Waals surface area contributed by atoms with E-state index >= 15 is 0 Å². The molecular formula is C14H9ClN2O5. The third-order valence-corrected chi connectivity index (χ3v) is 3.01. The smallest absolute Gasteiger partial charge is 0.269 e. The maximum Gasteiger partial charge on any atom is 0.269 e. The molecule has 22 heavy (non-hydrogen) atoms. The fourth-order valence-corrected chi connectivity index (χ4v) is 1.84. The molecule has 2 amide bonds. The highest BCUT2D eigenvalue weighted by molar-refractivity contribution is 6.31. The fraction of sp³-hybridized carbons (Fsp3) is 0. The zero-order valence-corrected chi connectivity index (χ0v) is 11.7. The van der Waals surface area contributed by atoms with E-state index in [1.54, 1.807) is 0 Å². The summed E-state index contributed by atoms with van der Waals surface area (Å²) in [5.41, 5.74) is -0.251. The van der Waals surface area contributed by atoms with Crippen LogP contribution in [0.4, 0.5) is 5.69 Å². The van der Waals surface area contributed by atoms with Gasteiger partial charge in [0.1, 0.15) is 5.75 Å². The second-order valence-electron chi connectivity index (χ2n) is 4.25. The Hall–Kier alpha value is -2.93. The van der Waals surface area contributed by atoms with Gasteiger partial charge in [-0.3, -0.25) is 25.0 Å². The van der Waals surface area contributed by atoms with Gasteiger partial charge in [0.25, 0.3) is 17.5 Å². The molecule has 0 bridgehead atoms. The van der Waals surface area contributed by atoms with E-state index in [2.05, 4.69) is 5.32 Å². The number of nitro benzene ring substituents is 1. The van der Waals surface area contributed by atoms with Gasteiger partial charge < -0.3 is 5.11 Å². The second kappa shape index (κ2) is 6.23. The van der Waals surface area contributed by atoms with E-state index in [0.29, 0.717) is 0 Å². The Morgan fingerprint density at radius 2 is 1.73 bits per heavy atom. The number of phenolic OH excluding ortho intramolecular Hbond substituents is 1. The summed E-state index contributed by atoms with van der Waals surface area (Å²) in [5.74, 6) is -1.90. The fourth-order valence-electron chi connectivity index (χ4n) is 1.67. The number of non-ortho nitro benzene ring substituents is 1. The number of nitrogens with one attached hydrogen (secondary N) is 1. The van der Waals surface area contributed by atoms with Crippen LogP contribution in [0.25, 0.3) is 0 Å². The number of nitro groups is 1. The van der Waals surface area contributed by atoms with Gasteiger partial charge >= 0.3 is 0 Å². The molecule has 0 unspecified atom stereocenters. The van der Waals surface area contributed by atoms with Crippen molar-refractivity contribution in [1.29, 1.82) is 0 Å². The number of nitrogens with zero attached hydrogens (tertiary/aromatic N) is 1. The molecule has 0 heterocycles. The van der Waals surface area contributed by atoms with Crippen LogP contribution >= 0.6 is 11.6 Å². The van der Waals surface area contributed by atoms with Crippen molar-refractivity contribution in [1.82, 2.24) is 5.32 Å². The number of carbonyl (C=O) groups is 2. The van der Waals surface area contributed by atoms with Crippen LogP contribution in [0, 0.1) is 10.1 Å². The van der Waals surface area contributed by atoms with Crippen LogP contribution in [0.15, 0.2) is 42.5 Å². The Morgan fingerprint density at radius 1 is 1.09 bits per heavy atom. The minimum Gasteiger partial charge on any atom is -0.507 e. The van der Waals surface area contributed by atoms with Gasteiger partial charge in [0.05, 0.1) is 10.5 Å². The monoisotopic (exact) mass is 320 g/mol. The van der Waals surface area contributed by atoms with Crippen molar-refractivity contribution >= 4 is 29.1 Å². The van der Waals surface area contributed by atoms with E-state index in [-0.39, 0.29) is 27.6 Å². The first-order valence-corrected chi connectivity index (χ1v) is 6.35. The predicted octanol–water partition coefficient (Wildman–Crippen LogP) is 2.52. The number of hydrogen-bond acceptors (Lipinski definition) is 5. The molecule has 0 atom stereocenters. The van der Waals surface area contributed by atoms with Crippen molar-refractivity contribution in [3.8, 4) is 5.75 Å². The lowest BCUT2D eigenvalue weighted by molar-refractivity contribution is -0.384. The number of aromatic hydroxyl groups is 1. The molecule has 7 nitrogen and oxygen atoms in total. The van der Waals surface area contributed by atoms with E-state index in [1.165, 1.54) is 30.3 Å². The lowest BCUT2D eigenvalue weighted by Crippen LogP contribution is -2.30. The third-order valence-electron chi connectivity index (χ3n) is 2.77. The van der Waals surface area contributed by atoms with Crippen LogP contribution in [0.2, 0.25) is 5.02 Å². The van der Waals surface area contributed by atoms with Crippen molar-refractivity contribution < 1.29 is 19.6 Å². The molecular weight excluding hydrogens is 312 g/mol. The Morgan fingerprint density at radius 3 is 2.32 bits per heavy atom. The summed E-state index contributed by atoms with van der Waals surface area (Å²) in [7, 11) is 0. The Bertz CT molecular complexity index is 758. The summed E-state index contributed by atoms with van der Waals surface area (Å²) >= 11 is 5.72. The Labute approximate surface area is 129 Å². The molecule has 0 spiro atoms. The quantitative estimate of drug-likeness (QED) is 0.513. The first-order chi connectivity index (χ1) is 10.4. The number of carbonyl (C=O) groups excluding carboxylic acids is 2. The standard InChI is InChI=1S/C14H9ClN2O5/c15-9-3-6-12(18)11(7-9)14(20)16-13(19)8-1-4-10(5-2-8)17(21)22/h1-7,18H,(H,16,19,20). The van der Waals surface area contributed by atoms with E-state index in [9.17, 15) is 24.8 Å². The number of benzene rings is 2. The molecule has 0 radical (unpaired) electrons. The van der Waals surface area contributed by atoms with Gasteiger partial charge in [0.15, 0.2) is 0 Å². The minimum atomic E-state index is -0.830. The number of hydrogen-bond donors (Lipinski definition) is 2. The van der Waals surface area contributed by atoms with Crippen molar-refractivity contribution in [2.45, 2.75) is 0 Å². The van der Waals surface area contributed by atoms with Crippen LogP contribution in [0.1, 0.15) is 20.7 Å². The summed E-state index contributed by atoms with van der Waals surface area (Å²) in [6.45, 7) is 0. The summed E-state index contributed by atoms with van der Waals surface area (Å²) < 4.78 is 0. The minimum absolute atomic E-state index is 0.0699. The van der Waals surface area contributed by atoms with E-state index in [0.717, 1.165) is 12.1 Å². The van der Waals surface area contributed by atoms with Gasteiger partial charge in [-0.1, -0.05) is 11.6 Å². The largest absolute Gasteiger partial charge is 0.507 e. The predicted molar refractivity (Wildman–Crippen MR) is 78.0 cm³/mol. The normalized spacial score (nSPS) is 10.0. The summed E-state index contributed by atoms with van der Waals surface area (Å²) in [4.78, 5) is 33.7. The maximum absolute atomic E-state index is 11.9. The second-order valence-corrected chi connectivity index (χ2v) is 4.69. The molecule has 2 aromatic rings. The van der Waals surface area contributed by atoms with Gasteiger partial charge in [-0.2, -0.15) is 0 Å². The maximum atomic E-state index is 11.9. The molecule has 112 valence electrons. The topological polar surface area (TPSA) is 110 Å². The molecule has 0 aliphatic carbocycles. The summed E-state index contributed by atoms with van der Waals surface area (Å²) in [5, 5.41) is 22.4. The number of rotatable bonds is 3. The molecule has 8 heteroatoms. The number of phenols is 1. The molecule has 0 fully saturated rings. The molecule has 0 aliphatic rings. The Kier molecular flexibility index (Phi) is 4.38. The average molecular weight is 321 g/mol. The van der Waals surface area contributed by atoms with Crippen molar-refractivity contribution in [2.75, 3.05) is 0 Å². The van der Waals surface area contributed by atoms with Gasteiger partial charge in [-0.15, -0.1) is 0 Å². The van der Waals surface area contributed by atoms with E-state index < -0.39 is 16.7 Å². The number of imide groups is 1. The molecule has 0 aromatic heterocycles. The van der Waals surface area contributed by atoms with Crippen LogP contribution in [0.5, 0.6) is 5.75 Å². The molecule has 2 rings (SSSR count). The molecule has 2 aromatic carbocycles. The van der Waals surface area contributed by atoms with Gasteiger partial charge in [-0.05, 0) is 30.3 Å². The molecule has 0 saturated heterocycles. The average Bonchev–Trinajstić information content (AvgIpc) is 2.49. The first-order valence-electron chi connectivity index (χ1n) is 5.97. The van der Waals surface area contributed by atoms with Crippen LogP contribution in [-0.2, 0) is 0 Å². The highest BCUT2D eigenvalue weighted by Crippen LogP contribution is 2.21. The van der Waals surface area contributed by atoms with Crippen LogP contribution < -0.4 is 5.32 Å². The number of halogens is 1. The lowest BCUT2D eigenvalue weighted by Gasteiger charge is -2.06. The molecule has 2 N–H and O–H groups in total. The molecule has 0 saturated carbocycles. The van der Waals surface area contributed by atoms with E-state index in [1.807, 2.05) is 0 Å². The SMILES string of the molecule is O=C(NC(=O)c1cc(Cl)ccc1O)c1ccc([N+](=O)[O-])cc1. The van der Waals surface area contributed by atoms with Crippen molar-refractivity contribution in [3.05, 3.63) is 68.7 Å². The highest BCUT2D eigenvalue weighted by atomic mass is 35.5. The van der Waals surface area contributed by atoms with Crippen LogP contribution in [0.3, 0.4) is 0 Å². The Balaban J connectivity index is 2.16. The summed E-state index contributed by atoms with van der Waals surface area (Å²) in [6.07, 6.45) is 0. The van der Waals surface area contributed by atoms with Gasteiger partial charge in [-0.25, -0.2) is 0 Å². The van der Waals surface area contributed by atoms with Crippen LogP contribution in [-0.4, -0.2) is 21.8 Å². The lowest BCUT2D eigenvalue weighted by atomic mass is 10.1.